The summed E-state index contributed by atoms with van der Waals surface area (Å²) in [5.74, 6) is 1.41. The average molecular weight is 401 g/mol. The quantitative estimate of drug-likeness (QED) is 0.687. The van der Waals surface area contributed by atoms with Crippen molar-refractivity contribution >= 4 is 17.5 Å². The standard InChI is InChI=1S/C24H23N3O3/c28-23-20-15-27(14-18(20)12-25-23)13-16-5-4-6-17(11-16)21-9-10-22(30-21)24(29)26-19-7-2-1-3-8-19/h1-11,18,20H,12-15H2,(H,25,28)(H,26,29)/t18-,20+/m0/s1. The molecular formula is C24H23N3O3. The lowest BCUT2D eigenvalue weighted by Gasteiger charge is -2.17. The molecule has 0 aliphatic carbocycles. The van der Waals surface area contributed by atoms with Crippen molar-refractivity contribution in [1.82, 2.24) is 10.2 Å². The van der Waals surface area contributed by atoms with Crippen LogP contribution in [0.5, 0.6) is 0 Å². The van der Waals surface area contributed by atoms with Crippen LogP contribution < -0.4 is 10.6 Å². The summed E-state index contributed by atoms with van der Waals surface area (Å²) in [6.45, 7) is 3.35. The first-order chi connectivity index (χ1) is 14.7. The van der Waals surface area contributed by atoms with Crippen LogP contribution in [0.25, 0.3) is 11.3 Å². The lowest BCUT2D eigenvalue weighted by Crippen LogP contribution is -2.28. The van der Waals surface area contributed by atoms with Crippen molar-refractivity contribution in [3.05, 3.63) is 78.1 Å². The lowest BCUT2D eigenvalue weighted by molar-refractivity contribution is -0.122. The molecule has 2 fully saturated rings. The molecule has 1 aromatic heterocycles. The maximum atomic E-state index is 12.4. The molecule has 6 heteroatoms. The summed E-state index contributed by atoms with van der Waals surface area (Å²) in [6.07, 6.45) is 0. The second-order valence-electron chi connectivity index (χ2n) is 7.99. The van der Waals surface area contributed by atoms with Gasteiger partial charge in [-0.15, -0.1) is 0 Å². The molecule has 152 valence electrons. The summed E-state index contributed by atoms with van der Waals surface area (Å²) in [6, 6.07) is 21.0. The molecule has 2 N–H and O–H groups in total. The molecule has 2 atom stereocenters. The number of hydrogen-bond acceptors (Lipinski definition) is 4. The molecule has 2 aromatic carbocycles. The fraction of sp³-hybridized carbons (Fsp3) is 0.250. The Kier molecular flexibility index (Phi) is 4.85. The number of rotatable bonds is 5. The van der Waals surface area contributed by atoms with Gasteiger partial charge in [0.05, 0.1) is 5.92 Å². The molecule has 2 aliphatic rings. The molecule has 0 saturated carbocycles. The van der Waals surface area contributed by atoms with E-state index in [2.05, 4.69) is 27.7 Å². The minimum atomic E-state index is -0.273. The number of likely N-dealkylation sites (tertiary alicyclic amines) is 1. The molecular weight excluding hydrogens is 378 g/mol. The summed E-state index contributed by atoms with van der Waals surface area (Å²) >= 11 is 0. The number of nitrogens with zero attached hydrogens (tertiary/aromatic N) is 1. The lowest BCUT2D eigenvalue weighted by atomic mass is 10.0. The van der Waals surface area contributed by atoms with Crippen LogP contribution in [-0.2, 0) is 11.3 Å². The molecule has 0 spiro atoms. The second kappa shape index (κ2) is 7.80. The molecule has 0 unspecified atom stereocenters. The number of anilines is 1. The van der Waals surface area contributed by atoms with E-state index in [4.69, 9.17) is 4.42 Å². The van der Waals surface area contributed by atoms with Crippen molar-refractivity contribution in [2.24, 2.45) is 11.8 Å². The molecule has 30 heavy (non-hydrogen) atoms. The predicted molar refractivity (Wildman–Crippen MR) is 114 cm³/mol. The maximum Gasteiger partial charge on any atom is 0.291 e. The SMILES string of the molecule is O=C(Nc1ccccc1)c1ccc(-c2cccc(CN3C[C@@H]4CNC(=O)[C@@H]4C3)c2)o1. The van der Waals surface area contributed by atoms with Crippen LogP contribution >= 0.6 is 0 Å². The zero-order chi connectivity index (χ0) is 20.5. The Hall–Kier alpha value is -3.38. The number of hydrogen-bond donors (Lipinski definition) is 2. The fourth-order valence-electron chi connectivity index (χ4n) is 4.37. The summed E-state index contributed by atoms with van der Waals surface area (Å²) in [5, 5.41) is 5.79. The number of furan rings is 1. The second-order valence-corrected chi connectivity index (χ2v) is 7.99. The van der Waals surface area contributed by atoms with Gasteiger partial charge in [-0.3, -0.25) is 14.5 Å². The molecule has 3 aromatic rings. The van der Waals surface area contributed by atoms with Gasteiger partial charge in [0.15, 0.2) is 5.76 Å². The van der Waals surface area contributed by atoms with E-state index in [1.807, 2.05) is 48.5 Å². The van der Waals surface area contributed by atoms with E-state index in [0.29, 0.717) is 11.7 Å². The topological polar surface area (TPSA) is 74.6 Å². The first-order valence-electron chi connectivity index (χ1n) is 10.2. The summed E-state index contributed by atoms with van der Waals surface area (Å²) in [4.78, 5) is 26.7. The van der Waals surface area contributed by atoms with Crippen molar-refractivity contribution in [3.63, 3.8) is 0 Å². The molecule has 2 saturated heterocycles. The third-order valence-electron chi connectivity index (χ3n) is 5.87. The zero-order valence-electron chi connectivity index (χ0n) is 16.5. The number of amides is 2. The highest BCUT2D eigenvalue weighted by molar-refractivity contribution is 6.02. The smallest absolute Gasteiger partial charge is 0.291 e. The largest absolute Gasteiger partial charge is 0.451 e. The maximum absolute atomic E-state index is 12.4. The summed E-state index contributed by atoms with van der Waals surface area (Å²) in [5.41, 5.74) is 2.83. The Morgan fingerprint density at radius 1 is 1.07 bits per heavy atom. The van der Waals surface area contributed by atoms with Gasteiger partial charge < -0.3 is 15.1 Å². The molecule has 3 heterocycles. The van der Waals surface area contributed by atoms with Gasteiger partial charge in [-0.2, -0.15) is 0 Å². The molecule has 0 bridgehead atoms. The highest BCUT2D eigenvalue weighted by Gasteiger charge is 2.41. The monoisotopic (exact) mass is 401 g/mol. The predicted octanol–water partition coefficient (Wildman–Crippen LogP) is 3.38. The molecule has 5 rings (SSSR count). The van der Waals surface area contributed by atoms with Gasteiger partial charge in [-0.25, -0.2) is 0 Å². The van der Waals surface area contributed by atoms with Crippen molar-refractivity contribution in [2.75, 3.05) is 25.0 Å². The first kappa shape index (κ1) is 18.6. The van der Waals surface area contributed by atoms with E-state index in [1.165, 1.54) is 5.56 Å². The molecule has 0 radical (unpaired) electrons. The van der Waals surface area contributed by atoms with Crippen LogP contribution in [0.3, 0.4) is 0 Å². The van der Waals surface area contributed by atoms with Gasteiger partial charge in [0, 0.05) is 43.3 Å². The molecule has 2 amide bonds. The Balaban J connectivity index is 1.27. The van der Waals surface area contributed by atoms with Crippen LogP contribution in [-0.4, -0.2) is 36.3 Å². The fourth-order valence-corrected chi connectivity index (χ4v) is 4.37. The van der Waals surface area contributed by atoms with Crippen molar-refractivity contribution in [2.45, 2.75) is 6.54 Å². The van der Waals surface area contributed by atoms with Crippen molar-refractivity contribution < 1.29 is 14.0 Å². The summed E-state index contributed by atoms with van der Waals surface area (Å²) < 4.78 is 5.82. The minimum Gasteiger partial charge on any atom is -0.451 e. The Morgan fingerprint density at radius 2 is 1.93 bits per heavy atom. The van der Waals surface area contributed by atoms with Gasteiger partial charge in [-0.05, 0) is 35.9 Å². The average Bonchev–Trinajstić information content (AvgIpc) is 3.47. The Labute approximate surface area is 174 Å². The Morgan fingerprint density at radius 3 is 2.77 bits per heavy atom. The molecule has 6 nitrogen and oxygen atoms in total. The van der Waals surface area contributed by atoms with E-state index < -0.39 is 0 Å². The number of carbonyl (C=O) groups is 2. The summed E-state index contributed by atoms with van der Waals surface area (Å²) in [7, 11) is 0. The normalized spacial score (nSPS) is 20.7. The number of fused-ring (bicyclic) bond motifs is 1. The van der Waals surface area contributed by atoms with Crippen LogP contribution in [0, 0.1) is 11.8 Å². The van der Waals surface area contributed by atoms with E-state index in [1.54, 1.807) is 6.07 Å². The van der Waals surface area contributed by atoms with Crippen molar-refractivity contribution in [1.29, 1.82) is 0 Å². The first-order valence-corrected chi connectivity index (χ1v) is 10.2. The van der Waals surface area contributed by atoms with Crippen LogP contribution in [0.2, 0.25) is 0 Å². The highest BCUT2D eigenvalue weighted by Crippen LogP contribution is 2.29. The third-order valence-corrected chi connectivity index (χ3v) is 5.87. The highest BCUT2D eigenvalue weighted by atomic mass is 16.3. The van der Waals surface area contributed by atoms with Gasteiger partial charge in [0.25, 0.3) is 5.91 Å². The van der Waals surface area contributed by atoms with E-state index in [9.17, 15) is 9.59 Å². The number of para-hydroxylation sites is 1. The van der Waals surface area contributed by atoms with Crippen LogP contribution in [0.15, 0.2) is 71.1 Å². The minimum absolute atomic E-state index is 0.129. The van der Waals surface area contributed by atoms with E-state index in [-0.39, 0.29) is 23.5 Å². The Bertz CT molecular complexity index is 1080. The molecule has 2 aliphatic heterocycles. The van der Waals surface area contributed by atoms with E-state index >= 15 is 0 Å². The van der Waals surface area contributed by atoms with E-state index in [0.717, 1.165) is 37.4 Å². The van der Waals surface area contributed by atoms with Gasteiger partial charge >= 0.3 is 0 Å². The number of benzene rings is 2. The number of carbonyl (C=O) groups excluding carboxylic acids is 2. The van der Waals surface area contributed by atoms with Crippen LogP contribution in [0.1, 0.15) is 16.1 Å². The van der Waals surface area contributed by atoms with Crippen molar-refractivity contribution in [3.8, 4) is 11.3 Å². The van der Waals surface area contributed by atoms with Gasteiger partial charge in [-0.1, -0.05) is 36.4 Å². The third kappa shape index (κ3) is 3.74. The van der Waals surface area contributed by atoms with Crippen LogP contribution in [0.4, 0.5) is 5.69 Å². The van der Waals surface area contributed by atoms with Gasteiger partial charge in [0.2, 0.25) is 5.91 Å². The van der Waals surface area contributed by atoms with Gasteiger partial charge in [0.1, 0.15) is 5.76 Å². The zero-order valence-corrected chi connectivity index (χ0v) is 16.5. The number of nitrogens with one attached hydrogen (secondary N) is 2.